The Morgan fingerprint density at radius 3 is 2.76 bits per heavy atom. The number of carbonyl (C=O) groups is 2. The topological polar surface area (TPSA) is 79.2 Å². The first-order valence-corrected chi connectivity index (χ1v) is 7.85. The van der Waals surface area contributed by atoms with Crippen molar-refractivity contribution in [1.82, 2.24) is 0 Å². The van der Waals surface area contributed by atoms with Crippen molar-refractivity contribution in [3.8, 4) is 6.07 Å². The predicted molar refractivity (Wildman–Crippen MR) is 80.1 cm³/mol. The lowest BCUT2D eigenvalue weighted by Gasteiger charge is -2.09. The average molecular weight is 306 g/mol. The Bertz CT molecular complexity index is 599. The second kappa shape index (κ2) is 6.72. The Morgan fingerprint density at radius 2 is 2.10 bits per heavy atom. The van der Waals surface area contributed by atoms with Gasteiger partial charge in [-0.25, -0.2) is 0 Å². The third-order valence-electron chi connectivity index (χ3n) is 3.35. The van der Waals surface area contributed by atoms with E-state index in [0.717, 1.165) is 31.2 Å². The molecule has 1 amide bonds. The van der Waals surface area contributed by atoms with E-state index in [0.29, 0.717) is 10.6 Å². The molecule has 5 nitrogen and oxygen atoms in total. The first-order chi connectivity index (χ1) is 10.0. The molecule has 21 heavy (non-hydrogen) atoms. The van der Waals surface area contributed by atoms with Gasteiger partial charge in [-0.3, -0.25) is 9.59 Å². The standard InChI is InChI=1S/C15H18N2O3S/c1-9(2)15(19)20-8-13(18)17-14-11(7-16)10-5-3-4-6-12(10)21-14/h9H,3-6,8H2,1-2H3,(H,17,18). The fourth-order valence-corrected chi connectivity index (χ4v) is 3.49. The Hall–Kier alpha value is -1.87. The molecule has 1 heterocycles. The van der Waals surface area contributed by atoms with E-state index in [2.05, 4.69) is 11.4 Å². The van der Waals surface area contributed by atoms with Gasteiger partial charge in [0, 0.05) is 4.88 Å². The molecule has 112 valence electrons. The van der Waals surface area contributed by atoms with Gasteiger partial charge in [0.25, 0.3) is 5.91 Å². The van der Waals surface area contributed by atoms with Gasteiger partial charge in [0.15, 0.2) is 6.61 Å². The molecular weight excluding hydrogens is 288 g/mol. The molecule has 1 aliphatic rings. The molecule has 0 saturated carbocycles. The van der Waals surface area contributed by atoms with Crippen LogP contribution in [0.25, 0.3) is 0 Å². The molecular formula is C15H18N2O3S. The minimum atomic E-state index is -0.406. The highest BCUT2D eigenvalue weighted by Gasteiger charge is 2.22. The van der Waals surface area contributed by atoms with Crippen LogP contribution in [-0.4, -0.2) is 18.5 Å². The first kappa shape index (κ1) is 15.5. The van der Waals surface area contributed by atoms with Crippen molar-refractivity contribution < 1.29 is 14.3 Å². The van der Waals surface area contributed by atoms with Gasteiger partial charge in [-0.05, 0) is 31.2 Å². The number of hydrogen-bond donors (Lipinski definition) is 1. The molecule has 0 aromatic carbocycles. The van der Waals surface area contributed by atoms with Crippen molar-refractivity contribution in [2.24, 2.45) is 5.92 Å². The van der Waals surface area contributed by atoms with Crippen LogP contribution in [0.5, 0.6) is 0 Å². The highest BCUT2D eigenvalue weighted by Crippen LogP contribution is 2.37. The zero-order valence-electron chi connectivity index (χ0n) is 12.2. The molecule has 0 fully saturated rings. The zero-order valence-corrected chi connectivity index (χ0v) is 13.0. The molecule has 1 aromatic rings. The fourth-order valence-electron chi connectivity index (χ4n) is 2.24. The number of nitrogens with zero attached hydrogens (tertiary/aromatic N) is 1. The summed E-state index contributed by atoms with van der Waals surface area (Å²) in [4.78, 5) is 24.3. The van der Waals surface area contributed by atoms with Crippen LogP contribution < -0.4 is 5.32 Å². The number of hydrogen-bond acceptors (Lipinski definition) is 5. The number of thiophene rings is 1. The lowest BCUT2D eigenvalue weighted by Crippen LogP contribution is -2.22. The van der Waals surface area contributed by atoms with Crippen LogP contribution >= 0.6 is 11.3 Å². The zero-order chi connectivity index (χ0) is 15.4. The summed E-state index contributed by atoms with van der Waals surface area (Å²) in [5, 5.41) is 12.6. The summed E-state index contributed by atoms with van der Waals surface area (Å²) in [5.41, 5.74) is 1.64. The molecule has 1 N–H and O–H groups in total. The number of carbonyl (C=O) groups excluding carboxylic acids is 2. The Morgan fingerprint density at radius 1 is 1.38 bits per heavy atom. The SMILES string of the molecule is CC(C)C(=O)OCC(=O)Nc1sc2c(c1C#N)CCCC2. The number of nitriles is 1. The number of anilines is 1. The van der Waals surface area contributed by atoms with Crippen LogP contribution in [0.3, 0.4) is 0 Å². The van der Waals surface area contributed by atoms with Crippen molar-refractivity contribution in [1.29, 1.82) is 5.26 Å². The first-order valence-electron chi connectivity index (χ1n) is 7.04. The maximum Gasteiger partial charge on any atom is 0.308 e. The van der Waals surface area contributed by atoms with E-state index >= 15 is 0 Å². The molecule has 6 heteroatoms. The molecule has 2 rings (SSSR count). The smallest absolute Gasteiger partial charge is 0.308 e. The van der Waals surface area contributed by atoms with Crippen LogP contribution in [0.1, 0.15) is 42.7 Å². The quantitative estimate of drug-likeness (QED) is 0.867. The van der Waals surface area contributed by atoms with Gasteiger partial charge in [-0.2, -0.15) is 5.26 Å². The number of nitrogens with one attached hydrogen (secondary N) is 1. The number of aryl methyl sites for hydroxylation is 1. The Labute approximate surface area is 127 Å². The Balaban J connectivity index is 2.03. The van der Waals surface area contributed by atoms with Gasteiger partial charge in [0.2, 0.25) is 0 Å². The van der Waals surface area contributed by atoms with Gasteiger partial charge in [0.1, 0.15) is 11.1 Å². The number of amides is 1. The van der Waals surface area contributed by atoms with E-state index in [4.69, 9.17) is 4.74 Å². The molecule has 0 bridgehead atoms. The summed E-state index contributed by atoms with van der Waals surface area (Å²) in [6.07, 6.45) is 4.06. The molecule has 0 unspecified atom stereocenters. The van der Waals surface area contributed by atoms with Crippen LogP contribution in [0, 0.1) is 17.2 Å². The summed E-state index contributed by atoms with van der Waals surface area (Å²) in [6.45, 7) is 3.10. The molecule has 1 aliphatic carbocycles. The number of esters is 1. The summed E-state index contributed by atoms with van der Waals surface area (Å²) < 4.78 is 4.88. The van der Waals surface area contributed by atoms with E-state index in [1.54, 1.807) is 13.8 Å². The highest BCUT2D eigenvalue weighted by molar-refractivity contribution is 7.16. The Kier molecular flexibility index (Phi) is 4.97. The van der Waals surface area contributed by atoms with Crippen molar-refractivity contribution in [2.75, 3.05) is 11.9 Å². The van der Waals surface area contributed by atoms with E-state index < -0.39 is 11.9 Å². The maximum absolute atomic E-state index is 11.8. The van der Waals surface area contributed by atoms with Gasteiger partial charge in [-0.15, -0.1) is 11.3 Å². The van der Waals surface area contributed by atoms with Gasteiger partial charge >= 0.3 is 5.97 Å². The number of fused-ring (bicyclic) bond motifs is 1. The summed E-state index contributed by atoms with van der Waals surface area (Å²) in [6, 6.07) is 2.18. The molecule has 0 spiro atoms. The molecule has 0 aliphatic heterocycles. The molecule has 0 radical (unpaired) electrons. The molecule has 0 saturated heterocycles. The molecule has 0 atom stereocenters. The van der Waals surface area contributed by atoms with Crippen LogP contribution in [0.2, 0.25) is 0 Å². The van der Waals surface area contributed by atoms with Gasteiger partial charge < -0.3 is 10.1 Å². The second-order valence-corrected chi connectivity index (χ2v) is 6.44. The van der Waals surface area contributed by atoms with E-state index in [-0.39, 0.29) is 12.5 Å². The van der Waals surface area contributed by atoms with E-state index in [9.17, 15) is 14.9 Å². The monoisotopic (exact) mass is 306 g/mol. The number of ether oxygens (including phenoxy) is 1. The highest BCUT2D eigenvalue weighted by atomic mass is 32.1. The lowest BCUT2D eigenvalue weighted by molar-refractivity contribution is -0.150. The van der Waals surface area contributed by atoms with Crippen molar-refractivity contribution in [2.45, 2.75) is 39.5 Å². The van der Waals surface area contributed by atoms with Crippen LogP contribution in [0.4, 0.5) is 5.00 Å². The predicted octanol–water partition coefficient (Wildman–Crippen LogP) is 2.64. The van der Waals surface area contributed by atoms with Crippen molar-refractivity contribution in [3.05, 3.63) is 16.0 Å². The average Bonchev–Trinajstić information content (AvgIpc) is 2.81. The fraction of sp³-hybridized carbons (Fsp3) is 0.533. The van der Waals surface area contributed by atoms with Gasteiger partial charge in [-0.1, -0.05) is 13.8 Å². The van der Waals surface area contributed by atoms with Crippen LogP contribution in [0.15, 0.2) is 0 Å². The summed E-state index contributed by atoms with van der Waals surface area (Å²) >= 11 is 1.46. The lowest BCUT2D eigenvalue weighted by atomic mass is 9.96. The maximum atomic E-state index is 11.8. The normalized spacial score (nSPS) is 13.4. The summed E-state index contributed by atoms with van der Waals surface area (Å²) in [5.74, 6) is -1.07. The minimum absolute atomic E-state index is 0.262. The van der Waals surface area contributed by atoms with Crippen molar-refractivity contribution in [3.63, 3.8) is 0 Å². The summed E-state index contributed by atoms with van der Waals surface area (Å²) in [7, 11) is 0. The van der Waals surface area contributed by atoms with Gasteiger partial charge in [0.05, 0.1) is 11.5 Å². The van der Waals surface area contributed by atoms with E-state index in [1.807, 2.05) is 0 Å². The second-order valence-electron chi connectivity index (χ2n) is 5.34. The minimum Gasteiger partial charge on any atom is -0.455 e. The van der Waals surface area contributed by atoms with E-state index in [1.165, 1.54) is 16.2 Å². The molecule has 1 aromatic heterocycles. The third-order valence-corrected chi connectivity index (χ3v) is 4.56. The third kappa shape index (κ3) is 3.61. The largest absolute Gasteiger partial charge is 0.455 e. The number of rotatable bonds is 4. The van der Waals surface area contributed by atoms with Crippen LogP contribution in [-0.2, 0) is 27.2 Å². The van der Waals surface area contributed by atoms with Crippen molar-refractivity contribution >= 4 is 28.2 Å².